The van der Waals surface area contributed by atoms with Crippen LogP contribution in [0.5, 0.6) is 0 Å². The van der Waals surface area contributed by atoms with Crippen LogP contribution >= 0.6 is 21.6 Å². The summed E-state index contributed by atoms with van der Waals surface area (Å²) in [5.74, 6) is -9.49. The van der Waals surface area contributed by atoms with Gasteiger partial charge in [-0.05, 0) is 25.7 Å². The first-order valence-corrected chi connectivity index (χ1v) is 16.1. The first-order valence-electron chi connectivity index (χ1n) is 13.6. The van der Waals surface area contributed by atoms with E-state index in [2.05, 4.69) is 21.3 Å². The largest absolute Gasteiger partial charge is 0.480 e. The van der Waals surface area contributed by atoms with Crippen LogP contribution in [0.4, 0.5) is 0 Å². The topological polar surface area (TPSA) is 358 Å². The molecule has 0 heterocycles. The number of carboxylic acid groups (broad SMARTS) is 4. The standard InChI is InChI=1S/C24H40N6O14S2/c25-11(21(37)38)3-1-5-17(33)27-15(19(35)29-13(7-31)23(41)42)9-45-46-10-16(20(36)30-14(8-32)24(43)44)28-18(34)6-2-4-12(26)22(39)40/h11-16,31-32H,1-10,25-26H2,(H,27,33)(H,28,34)(H,29,35)(H,30,36)(H,37,38)(H,39,40)(H,41,42)(H,43,44)/t11-,12-,13+,14+,15-,16-/m0/s1. The zero-order chi connectivity index (χ0) is 35.4. The Balaban J connectivity index is 5.50. The molecule has 0 aliphatic carbocycles. The number of hydrogen-bond acceptors (Lipinski definition) is 14. The number of hydrogen-bond donors (Lipinski definition) is 12. The molecule has 0 spiro atoms. The van der Waals surface area contributed by atoms with E-state index in [1.165, 1.54) is 0 Å². The quantitative estimate of drug-likeness (QED) is 0.0316. The van der Waals surface area contributed by atoms with E-state index in [9.17, 15) is 48.6 Å². The molecule has 0 saturated heterocycles. The lowest BCUT2D eigenvalue weighted by Gasteiger charge is -2.22. The smallest absolute Gasteiger partial charge is 0.328 e. The van der Waals surface area contributed by atoms with Crippen molar-refractivity contribution in [1.82, 2.24) is 21.3 Å². The van der Waals surface area contributed by atoms with Gasteiger partial charge in [0.25, 0.3) is 0 Å². The van der Waals surface area contributed by atoms with Gasteiger partial charge in [0.05, 0.1) is 13.2 Å². The molecule has 0 fully saturated rings. The van der Waals surface area contributed by atoms with Gasteiger partial charge in [-0.2, -0.15) is 0 Å². The van der Waals surface area contributed by atoms with Crippen molar-refractivity contribution in [1.29, 1.82) is 0 Å². The number of aliphatic carboxylic acids is 4. The van der Waals surface area contributed by atoms with E-state index in [0.29, 0.717) is 0 Å². The van der Waals surface area contributed by atoms with Crippen LogP contribution in [-0.2, 0) is 38.4 Å². The molecule has 0 rings (SSSR count). The third-order valence-corrected chi connectivity index (χ3v) is 8.34. The molecule has 0 aliphatic heterocycles. The molecule has 46 heavy (non-hydrogen) atoms. The minimum atomic E-state index is -1.69. The minimum Gasteiger partial charge on any atom is -0.480 e. The maximum absolute atomic E-state index is 12.7. The van der Waals surface area contributed by atoms with E-state index in [1.807, 2.05) is 0 Å². The maximum atomic E-state index is 12.7. The van der Waals surface area contributed by atoms with Crippen LogP contribution in [0.15, 0.2) is 0 Å². The summed E-state index contributed by atoms with van der Waals surface area (Å²) in [6, 6.07) is -8.57. The molecule has 22 heteroatoms. The van der Waals surface area contributed by atoms with Crippen LogP contribution in [0.1, 0.15) is 38.5 Å². The Morgan fingerprint density at radius 1 is 0.522 bits per heavy atom. The van der Waals surface area contributed by atoms with Gasteiger partial charge >= 0.3 is 23.9 Å². The third-order valence-electron chi connectivity index (χ3n) is 5.92. The SMILES string of the molecule is N[C@@H](CCCC(=O)N[C@@H](CSSC[C@H](NC(=O)CCC[C@H](N)C(=O)O)C(=O)N[C@H](CO)C(=O)O)C(=O)N[C@H](CO)C(=O)O)C(=O)O. The first kappa shape index (κ1) is 42.3. The van der Waals surface area contributed by atoms with Crippen molar-refractivity contribution in [3.63, 3.8) is 0 Å². The lowest BCUT2D eigenvalue weighted by atomic mass is 10.1. The average molecular weight is 701 g/mol. The summed E-state index contributed by atoms with van der Waals surface area (Å²) in [5.41, 5.74) is 10.8. The molecule has 14 N–H and O–H groups in total. The highest BCUT2D eigenvalue weighted by Gasteiger charge is 2.29. The second-order valence-electron chi connectivity index (χ2n) is 9.65. The number of rotatable bonds is 25. The number of carboxylic acids is 4. The van der Waals surface area contributed by atoms with Crippen LogP contribution in [0.2, 0.25) is 0 Å². The summed E-state index contributed by atoms with van der Waals surface area (Å²) in [7, 11) is 1.78. The van der Waals surface area contributed by atoms with Gasteiger partial charge in [-0.15, -0.1) is 0 Å². The van der Waals surface area contributed by atoms with Crippen LogP contribution in [0.25, 0.3) is 0 Å². The lowest BCUT2D eigenvalue weighted by molar-refractivity contribution is -0.143. The van der Waals surface area contributed by atoms with E-state index >= 15 is 0 Å². The van der Waals surface area contributed by atoms with Gasteiger partial charge in [0.15, 0.2) is 0 Å². The van der Waals surface area contributed by atoms with E-state index in [0.717, 1.165) is 21.6 Å². The molecule has 0 unspecified atom stereocenters. The molecule has 0 bridgehead atoms. The average Bonchev–Trinajstić information content (AvgIpc) is 2.98. The van der Waals surface area contributed by atoms with Gasteiger partial charge in [-0.1, -0.05) is 21.6 Å². The molecule has 0 saturated carbocycles. The maximum Gasteiger partial charge on any atom is 0.328 e. The molecule has 4 amide bonds. The van der Waals surface area contributed by atoms with Crippen LogP contribution in [-0.4, -0.2) is 139 Å². The van der Waals surface area contributed by atoms with Crippen LogP contribution in [0, 0.1) is 0 Å². The summed E-state index contributed by atoms with van der Waals surface area (Å²) in [6.45, 7) is -1.92. The van der Waals surface area contributed by atoms with Gasteiger partial charge in [0.1, 0.15) is 36.3 Å². The zero-order valence-electron chi connectivity index (χ0n) is 24.5. The van der Waals surface area contributed by atoms with Gasteiger partial charge in [-0.25, -0.2) is 9.59 Å². The molecule has 0 radical (unpaired) electrons. The Morgan fingerprint density at radius 2 is 0.848 bits per heavy atom. The predicted molar refractivity (Wildman–Crippen MR) is 161 cm³/mol. The third kappa shape index (κ3) is 17.7. The minimum absolute atomic E-state index is 0.0453. The number of nitrogens with one attached hydrogen (secondary N) is 4. The highest BCUT2D eigenvalue weighted by atomic mass is 33.1. The van der Waals surface area contributed by atoms with Gasteiger partial charge in [0.2, 0.25) is 23.6 Å². The van der Waals surface area contributed by atoms with Crippen molar-refractivity contribution >= 4 is 69.1 Å². The Hall–Kier alpha value is -3.70. The molecule has 6 atom stereocenters. The highest BCUT2D eigenvalue weighted by Crippen LogP contribution is 2.23. The second-order valence-corrected chi connectivity index (χ2v) is 12.2. The molecular weight excluding hydrogens is 660 g/mol. The zero-order valence-corrected chi connectivity index (χ0v) is 26.1. The summed E-state index contributed by atoms with van der Waals surface area (Å²) in [5, 5.41) is 63.3. The molecule has 0 aromatic carbocycles. The first-order chi connectivity index (χ1) is 21.5. The fourth-order valence-corrected chi connectivity index (χ4v) is 5.59. The molecular formula is C24H40N6O14S2. The number of nitrogens with two attached hydrogens (primary N) is 2. The summed E-state index contributed by atoms with van der Waals surface area (Å²) < 4.78 is 0. The second kappa shape index (κ2) is 22.7. The summed E-state index contributed by atoms with van der Waals surface area (Å²) in [4.78, 5) is 94.5. The molecule has 262 valence electrons. The highest BCUT2D eigenvalue weighted by molar-refractivity contribution is 8.76. The van der Waals surface area contributed by atoms with Crippen molar-refractivity contribution in [2.24, 2.45) is 11.5 Å². The van der Waals surface area contributed by atoms with Crippen molar-refractivity contribution in [2.45, 2.75) is 74.8 Å². The fourth-order valence-electron chi connectivity index (χ4n) is 3.26. The van der Waals surface area contributed by atoms with Crippen molar-refractivity contribution in [2.75, 3.05) is 24.7 Å². The summed E-state index contributed by atoms with van der Waals surface area (Å²) in [6.07, 6.45) is -0.452. The van der Waals surface area contributed by atoms with Gasteiger partial charge < -0.3 is 63.4 Å². The number of carbonyl (C=O) groups is 8. The van der Waals surface area contributed by atoms with Gasteiger partial charge in [0, 0.05) is 24.3 Å². The molecule has 20 nitrogen and oxygen atoms in total. The molecule has 0 aromatic heterocycles. The van der Waals surface area contributed by atoms with Crippen molar-refractivity contribution in [3.8, 4) is 0 Å². The number of aliphatic hydroxyl groups is 2. The van der Waals surface area contributed by atoms with Gasteiger partial charge in [-0.3, -0.25) is 28.8 Å². The number of aliphatic hydroxyl groups excluding tert-OH is 2. The van der Waals surface area contributed by atoms with E-state index in [-0.39, 0.29) is 50.0 Å². The Morgan fingerprint density at radius 3 is 1.11 bits per heavy atom. The van der Waals surface area contributed by atoms with E-state index in [4.69, 9.17) is 31.9 Å². The summed E-state index contributed by atoms with van der Waals surface area (Å²) >= 11 is 0. The van der Waals surface area contributed by atoms with Crippen molar-refractivity contribution in [3.05, 3.63) is 0 Å². The lowest BCUT2D eigenvalue weighted by Crippen LogP contribution is -2.54. The fraction of sp³-hybridized carbons (Fsp3) is 0.667. The van der Waals surface area contributed by atoms with E-state index < -0.39 is 97.0 Å². The van der Waals surface area contributed by atoms with Crippen LogP contribution < -0.4 is 32.7 Å². The Bertz CT molecular complexity index is 1000. The molecule has 0 aliphatic rings. The normalized spacial score (nSPS) is 14.8. The Kier molecular flexibility index (Phi) is 20.9. The predicted octanol–water partition coefficient (Wildman–Crippen LogP) is -4.37. The number of carbonyl (C=O) groups excluding carboxylic acids is 4. The molecule has 0 aromatic rings. The van der Waals surface area contributed by atoms with Crippen LogP contribution in [0.3, 0.4) is 0 Å². The van der Waals surface area contributed by atoms with E-state index in [1.54, 1.807) is 0 Å². The number of amides is 4. The van der Waals surface area contributed by atoms with Crippen molar-refractivity contribution < 1.29 is 69.0 Å². The Labute approximate surface area is 270 Å². The monoisotopic (exact) mass is 700 g/mol.